The highest BCUT2D eigenvalue weighted by Gasteiger charge is 2.28. The first-order valence-corrected chi connectivity index (χ1v) is 6.60. The lowest BCUT2D eigenvalue weighted by molar-refractivity contribution is 0.203. The summed E-state index contributed by atoms with van der Waals surface area (Å²) in [6, 6.07) is 0.328. The van der Waals surface area contributed by atoms with Crippen LogP contribution in [0.2, 0.25) is 0 Å². The largest absolute Gasteiger partial charge is 0.329 e. The van der Waals surface area contributed by atoms with E-state index in [1.54, 1.807) is 0 Å². The smallest absolute Gasteiger partial charge is 0.0641 e. The highest BCUT2D eigenvalue weighted by molar-refractivity contribution is 5.20. The van der Waals surface area contributed by atoms with Crippen LogP contribution in [0.4, 0.5) is 0 Å². The van der Waals surface area contributed by atoms with Crippen LogP contribution in [0.3, 0.4) is 0 Å². The molecule has 0 aromatic carbocycles. The van der Waals surface area contributed by atoms with Crippen LogP contribution in [0, 0.1) is 12.8 Å². The van der Waals surface area contributed by atoms with Crippen LogP contribution < -0.4 is 5.73 Å². The molecule has 0 bridgehead atoms. The Balaban J connectivity index is 2.14. The fourth-order valence-corrected chi connectivity index (χ4v) is 2.53. The first kappa shape index (κ1) is 12.6. The van der Waals surface area contributed by atoms with E-state index in [0.29, 0.717) is 12.6 Å². The molecule has 0 radical (unpaired) electrons. The summed E-state index contributed by atoms with van der Waals surface area (Å²) in [5.74, 6) is 0.904. The summed E-state index contributed by atoms with van der Waals surface area (Å²) in [7, 11) is 1.97. The van der Waals surface area contributed by atoms with Gasteiger partial charge in [-0.1, -0.05) is 6.92 Å². The van der Waals surface area contributed by atoms with Crippen molar-refractivity contribution in [1.29, 1.82) is 0 Å². The van der Waals surface area contributed by atoms with Gasteiger partial charge in [0.25, 0.3) is 0 Å². The van der Waals surface area contributed by atoms with E-state index in [0.717, 1.165) is 18.2 Å². The number of aryl methyl sites for hydroxylation is 2. The third-order valence-corrected chi connectivity index (χ3v) is 3.67. The van der Waals surface area contributed by atoms with Crippen LogP contribution in [0.5, 0.6) is 0 Å². The molecule has 17 heavy (non-hydrogen) atoms. The summed E-state index contributed by atoms with van der Waals surface area (Å²) < 4.78 is 1.89. The van der Waals surface area contributed by atoms with Crippen molar-refractivity contribution in [2.24, 2.45) is 18.7 Å². The molecule has 1 heterocycles. The van der Waals surface area contributed by atoms with Crippen LogP contribution in [-0.2, 0) is 7.05 Å². The summed E-state index contributed by atoms with van der Waals surface area (Å²) in [5.41, 5.74) is 8.37. The quantitative estimate of drug-likeness (QED) is 0.813. The summed E-state index contributed by atoms with van der Waals surface area (Å²) in [6.45, 7) is 7.21. The molecule has 1 fully saturated rings. The van der Waals surface area contributed by atoms with Gasteiger partial charge in [-0.15, -0.1) is 0 Å². The van der Waals surface area contributed by atoms with Gasteiger partial charge in [-0.3, -0.25) is 9.58 Å². The van der Waals surface area contributed by atoms with Gasteiger partial charge in [-0.05, 0) is 32.2 Å². The second-order valence-corrected chi connectivity index (χ2v) is 5.13. The molecule has 4 heteroatoms. The topological polar surface area (TPSA) is 47.1 Å². The number of hydrogen-bond acceptors (Lipinski definition) is 3. The summed E-state index contributed by atoms with van der Waals surface area (Å²) in [6.07, 6.45) is 4.89. The zero-order valence-corrected chi connectivity index (χ0v) is 11.2. The van der Waals surface area contributed by atoms with Crippen molar-refractivity contribution in [2.75, 3.05) is 19.6 Å². The van der Waals surface area contributed by atoms with Crippen molar-refractivity contribution in [1.82, 2.24) is 14.7 Å². The second kappa shape index (κ2) is 5.19. The Hall–Kier alpha value is -0.870. The number of hydrogen-bond donors (Lipinski definition) is 1. The minimum atomic E-state index is 0.328. The van der Waals surface area contributed by atoms with Crippen molar-refractivity contribution in [2.45, 2.75) is 32.7 Å². The fourth-order valence-electron chi connectivity index (χ4n) is 2.53. The Kier molecular flexibility index (Phi) is 3.84. The Bertz CT molecular complexity index is 367. The normalized spacial score (nSPS) is 17.7. The molecule has 1 aliphatic rings. The van der Waals surface area contributed by atoms with Crippen molar-refractivity contribution in [3.05, 3.63) is 17.5 Å². The molecule has 96 valence electrons. The van der Waals surface area contributed by atoms with Gasteiger partial charge in [0, 0.05) is 31.9 Å². The second-order valence-electron chi connectivity index (χ2n) is 5.13. The zero-order chi connectivity index (χ0) is 12.4. The first-order valence-electron chi connectivity index (χ1n) is 6.60. The Morgan fingerprint density at radius 2 is 2.29 bits per heavy atom. The van der Waals surface area contributed by atoms with Crippen molar-refractivity contribution in [3.8, 4) is 0 Å². The molecule has 1 unspecified atom stereocenters. The number of aromatic nitrogens is 2. The average Bonchev–Trinajstić information content (AvgIpc) is 3.05. The Labute approximate surface area is 104 Å². The molecule has 1 aromatic rings. The van der Waals surface area contributed by atoms with Crippen molar-refractivity contribution >= 4 is 0 Å². The highest BCUT2D eigenvalue weighted by Crippen LogP contribution is 2.32. The van der Waals surface area contributed by atoms with Crippen LogP contribution in [0.1, 0.15) is 37.1 Å². The maximum Gasteiger partial charge on any atom is 0.0641 e. The standard InChI is InChI=1S/C13H24N4/c1-4-17(8-11-5-6-11)13(7-14)12-9-16(3)15-10(12)2/h9,11,13H,4-8,14H2,1-3H3. The number of likely N-dealkylation sites (N-methyl/N-ethyl adjacent to an activating group) is 1. The maximum atomic E-state index is 5.98. The van der Waals surface area contributed by atoms with E-state index in [2.05, 4.69) is 30.0 Å². The summed E-state index contributed by atoms with van der Waals surface area (Å²) in [5, 5.41) is 4.43. The molecule has 2 rings (SSSR count). The van der Waals surface area contributed by atoms with Gasteiger partial charge >= 0.3 is 0 Å². The van der Waals surface area contributed by atoms with Gasteiger partial charge in [0.1, 0.15) is 0 Å². The van der Waals surface area contributed by atoms with Crippen LogP contribution in [0.25, 0.3) is 0 Å². The van der Waals surface area contributed by atoms with Crippen LogP contribution >= 0.6 is 0 Å². The van der Waals surface area contributed by atoms with Gasteiger partial charge in [-0.25, -0.2) is 0 Å². The molecule has 0 aliphatic heterocycles. The minimum Gasteiger partial charge on any atom is -0.329 e. The molecule has 0 saturated heterocycles. The van der Waals surface area contributed by atoms with E-state index in [9.17, 15) is 0 Å². The van der Waals surface area contributed by atoms with Crippen LogP contribution in [0.15, 0.2) is 6.20 Å². The lowest BCUT2D eigenvalue weighted by Crippen LogP contribution is -2.35. The Morgan fingerprint density at radius 3 is 2.71 bits per heavy atom. The van der Waals surface area contributed by atoms with E-state index in [-0.39, 0.29) is 0 Å². The average molecular weight is 236 g/mol. The van der Waals surface area contributed by atoms with Gasteiger partial charge < -0.3 is 5.73 Å². The minimum absolute atomic E-state index is 0.328. The third kappa shape index (κ3) is 2.87. The van der Waals surface area contributed by atoms with Gasteiger partial charge in [0.2, 0.25) is 0 Å². The molecule has 1 aromatic heterocycles. The van der Waals surface area contributed by atoms with Gasteiger partial charge in [0.05, 0.1) is 11.7 Å². The van der Waals surface area contributed by atoms with E-state index < -0.39 is 0 Å². The van der Waals surface area contributed by atoms with Crippen molar-refractivity contribution in [3.63, 3.8) is 0 Å². The third-order valence-electron chi connectivity index (χ3n) is 3.67. The fraction of sp³-hybridized carbons (Fsp3) is 0.769. The maximum absolute atomic E-state index is 5.98. The number of nitrogens with two attached hydrogens (primary N) is 1. The van der Waals surface area contributed by atoms with Gasteiger partial charge in [0.15, 0.2) is 0 Å². The van der Waals surface area contributed by atoms with E-state index in [1.165, 1.54) is 24.9 Å². The molecule has 0 amide bonds. The summed E-state index contributed by atoms with van der Waals surface area (Å²) in [4.78, 5) is 2.50. The van der Waals surface area contributed by atoms with Crippen molar-refractivity contribution < 1.29 is 0 Å². The molecule has 0 spiro atoms. The molecular weight excluding hydrogens is 212 g/mol. The van der Waals surface area contributed by atoms with E-state index in [1.807, 2.05) is 11.7 Å². The Morgan fingerprint density at radius 1 is 1.59 bits per heavy atom. The molecule has 1 aliphatic carbocycles. The highest BCUT2D eigenvalue weighted by atomic mass is 15.3. The molecular formula is C13H24N4. The monoisotopic (exact) mass is 236 g/mol. The lowest BCUT2D eigenvalue weighted by Gasteiger charge is -2.29. The van der Waals surface area contributed by atoms with Crippen LogP contribution in [-0.4, -0.2) is 34.3 Å². The number of rotatable bonds is 6. The predicted octanol–water partition coefficient (Wildman–Crippen LogP) is 1.46. The lowest BCUT2D eigenvalue weighted by atomic mass is 10.1. The molecule has 2 N–H and O–H groups in total. The van der Waals surface area contributed by atoms with Gasteiger partial charge in [-0.2, -0.15) is 5.10 Å². The zero-order valence-electron chi connectivity index (χ0n) is 11.2. The molecule has 4 nitrogen and oxygen atoms in total. The SMILES string of the molecule is CCN(CC1CC1)C(CN)c1cn(C)nc1C. The summed E-state index contributed by atoms with van der Waals surface area (Å²) >= 11 is 0. The first-order chi connectivity index (χ1) is 8.15. The van der Waals surface area contributed by atoms with E-state index in [4.69, 9.17) is 5.73 Å². The molecule has 1 atom stereocenters. The molecule has 1 saturated carbocycles. The van der Waals surface area contributed by atoms with E-state index >= 15 is 0 Å². The number of nitrogens with zero attached hydrogens (tertiary/aromatic N) is 3. The predicted molar refractivity (Wildman–Crippen MR) is 69.7 cm³/mol.